The van der Waals surface area contributed by atoms with E-state index in [-0.39, 0.29) is 19.6 Å². The average molecular weight is 295 g/mol. The molecule has 110 valence electrons. The van der Waals surface area contributed by atoms with E-state index in [1.54, 1.807) is 6.92 Å². The average Bonchev–Trinajstić information content (AvgIpc) is 2.70. The molecular formula is C10H17NO7S. The van der Waals surface area contributed by atoms with Gasteiger partial charge in [-0.2, -0.15) is 4.31 Å². The summed E-state index contributed by atoms with van der Waals surface area (Å²) in [6.45, 7) is 1.39. The van der Waals surface area contributed by atoms with E-state index in [4.69, 9.17) is 0 Å². The zero-order valence-electron chi connectivity index (χ0n) is 10.7. The molecule has 0 aromatic carbocycles. The molecule has 1 N–H and O–H groups in total. The third-order valence-corrected chi connectivity index (χ3v) is 4.39. The van der Waals surface area contributed by atoms with Crippen LogP contribution in [-0.2, 0) is 29.1 Å². The van der Waals surface area contributed by atoms with Crippen molar-refractivity contribution in [3.63, 3.8) is 0 Å². The van der Waals surface area contributed by atoms with Gasteiger partial charge in [-0.3, -0.25) is 9.59 Å². The van der Waals surface area contributed by atoms with Crippen LogP contribution in [0, 0.1) is 0 Å². The number of rotatable bonds is 5. The number of β-amino-alcohol motifs (C(OH)–C–C–N with tert-alkyl or cyclic N) is 1. The Hall–Kier alpha value is -1.19. The van der Waals surface area contributed by atoms with Gasteiger partial charge in [-0.15, -0.1) is 0 Å². The molecule has 1 aliphatic rings. The van der Waals surface area contributed by atoms with Crippen LogP contribution in [0.3, 0.4) is 0 Å². The Bertz CT molecular complexity index is 447. The second-order valence-electron chi connectivity index (χ2n) is 4.06. The molecule has 0 radical (unpaired) electrons. The lowest BCUT2D eigenvalue weighted by Gasteiger charge is -2.21. The summed E-state index contributed by atoms with van der Waals surface area (Å²) in [7, 11) is -2.89. The highest BCUT2D eigenvalue weighted by molar-refractivity contribution is 7.89. The number of esters is 2. The van der Waals surface area contributed by atoms with Crippen LogP contribution in [0.1, 0.15) is 13.3 Å². The van der Waals surface area contributed by atoms with E-state index < -0.39 is 39.9 Å². The predicted molar refractivity (Wildman–Crippen MR) is 63.6 cm³/mol. The van der Waals surface area contributed by atoms with Crippen LogP contribution in [0.25, 0.3) is 0 Å². The topological polar surface area (TPSA) is 110 Å². The molecule has 0 amide bonds. The van der Waals surface area contributed by atoms with Gasteiger partial charge in [-0.05, 0) is 6.92 Å². The quantitative estimate of drug-likeness (QED) is 0.614. The van der Waals surface area contributed by atoms with E-state index >= 15 is 0 Å². The summed E-state index contributed by atoms with van der Waals surface area (Å²) in [5, 5.41) is 9.49. The second kappa shape index (κ2) is 6.31. The van der Waals surface area contributed by atoms with Gasteiger partial charge in [0.25, 0.3) is 0 Å². The van der Waals surface area contributed by atoms with Crippen LogP contribution in [0.4, 0.5) is 0 Å². The van der Waals surface area contributed by atoms with E-state index in [1.165, 1.54) is 0 Å². The van der Waals surface area contributed by atoms with Crippen molar-refractivity contribution < 1.29 is 32.6 Å². The van der Waals surface area contributed by atoms with Gasteiger partial charge in [0, 0.05) is 13.0 Å². The maximum atomic E-state index is 12.0. The largest absolute Gasteiger partial charge is 0.468 e. The Kier molecular flexibility index (Phi) is 5.27. The first-order chi connectivity index (χ1) is 8.81. The van der Waals surface area contributed by atoms with E-state index in [2.05, 4.69) is 9.47 Å². The highest BCUT2D eigenvalue weighted by Gasteiger charge is 2.44. The molecule has 2 unspecified atom stereocenters. The summed E-state index contributed by atoms with van der Waals surface area (Å²) < 4.78 is 33.8. The Labute approximate surface area is 111 Å². The van der Waals surface area contributed by atoms with E-state index in [1.807, 2.05) is 0 Å². The van der Waals surface area contributed by atoms with Crippen LogP contribution >= 0.6 is 0 Å². The predicted octanol–water partition coefficient (Wildman–Crippen LogP) is -1.51. The Morgan fingerprint density at radius 1 is 1.42 bits per heavy atom. The highest BCUT2D eigenvalue weighted by atomic mass is 32.2. The Morgan fingerprint density at radius 2 is 2.05 bits per heavy atom. The molecule has 19 heavy (non-hydrogen) atoms. The molecule has 1 heterocycles. The number of sulfonamides is 1. The van der Waals surface area contributed by atoms with Crippen molar-refractivity contribution in [2.24, 2.45) is 0 Å². The van der Waals surface area contributed by atoms with Gasteiger partial charge in [0.1, 0.15) is 6.04 Å². The zero-order chi connectivity index (χ0) is 14.6. The molecule has 0 aromatic heterocycles. The van der Waals surface area contributed by atoms with E-state index in [0.29, 0.717) is 0 Å². The molecule has 8 nitrogen and oxygen atoms in total. The van der Waals surface area contributed by atoms with E-state index in [0.717, 1.165) is 11.4 Å². The summed E-state index contributed by atoms with van der Waals surface area (Å²) in [6.07, 6.45) is -1.00. The van der Waals surface area contributed by atoms with E-state index in [9.17, 15) is 23.1 Å². The SMILES string of the molecule is CCOC(=O)CS(=O)(=O)N1CC(O)CC1C(=O)OC. The third-order valence-electron chi connectivity index (χ3n) is 2.67. The van der Waals surface area contributed by atoms with Crippen molar-refractivity contribution >= 4 is 22.0 Å². The van der Waals surface area contributed by atoms with Gasteiger partial charge in [0.15, 0.2) is 5.75 Å². The summed E-state index contributed by atoms with van der Waals surface area (Å²) in [5.74, 6) is -2.52. The zero-order valence-corrected chi connectivity index (χ0v) is 11.6. The monoisotopic (exact) mass is 295 g/mol. The molecule has 0 spiro atoms. The minimum Gasteiger partial charge on any atom is -0.468 e. The smallest absolute Gasteiger partial charge is 0.324 e. The highest BCUT2D eigenvalue weighted by Crippen LogP contribution is 2.23. The minimum absolute atomic E-state index is 0.0469. The summed E-state index contributed by atoms with van der Waals surface area (Å²) in [4.78, 5) is 22.7. The minimum atomic E-state index is -4.02. The fourth-order valence-corrected chi connectivity index (χ4v) is 3.38. The molecule has 1 fully saturated rings. The fraction of sp³-hybridized carbons (Fsp3) is 0.800. The van der Waals surface area contributed by atoms with Crippen LogP contribution in [0.15, 0.2) is 0 Å². The van der Waals surface area contributed by atoms with Gasteiger partial charge in [-0.1, -0.05) is 0 Å². The first-order valence-corrected chi connectivity index (χ1v) is 7.33. The Morgan fingerprint density at radius 3 is 2.58 bits per heavy atom. The van der Waals surface area contributed by atoms with Crippen LogP contribution in [0.2, 0.25) is 0 Å². The van der Waals surface area contributed by atoms with Crippen LogP contribution < -0.4 is 0 Å². The lowest BCUT2D eigenvalue weighted by atomic mass is 10.2. The molecule has 0 saturated carbocycles. The van der Waals surface area contributed by atoms with Crippen LogP contribution in [-0.4, -0.2) is 67.9 Å². The van der Waals surface area contributed by atoms with Crippen molar-refractivity contribution in [2.75, 3.05) is 26.0 Å². The third kappa shape index (κ3) is 3.88. The first-order valence-electron chi connectivity index (χ1n) is 5.72. The molecule has 2 atom stereocenters. The molecule has 0 bridgehead atoms. The summed E-state index contributed by atoms with van der Waals surface area (Å²) >= 11 is 0. The normalized spacial score (nSPS) is 24.2. The van der Waals surface area contributed by atoms with Crippen molar-refractivity contribution in [1.82, 2.24) is 4.31 Å². The summed E-state index contributed by atoms with van der Waals surface area (Å²) in [5.41, 5.74) is 0. The van der Waals surface area contributed by atoms with Crippen molar-refractivity contribution in [1.29, 1.82) is 0 Å². The van der Waals surface area contributed by atoms with Gasteiger partial charge in [0.2, 0.25) is 10.0 Å². The number of carbonyl (C=O) groups excluding carboxylic acids is 2. The second-order valence-corrected chi connectivity index (χ2v) is 5.98. The maximum absolute atomic E-state index is 12.0. The molecule has 0 aliphatic carbocycles. The lowest BCUT2D eigenvalue weighted by molar-refractivity contribution is -0.145. The van der Waals surface area contributed by atoms with Gasteiger partial charge >= 0.3 is 11.9 Å². The van der Waals surface area contributed by atoms with Crippen molar-refractivity contribution in [3.8, 4) is 0 Å². The Balaban J connectivity index is 2.86. The number of methoxy groups -OCH3 is 1. The molecule has 1 saturated heterocycles. The molecular weight excluding hydrogens is 278 g/mol. The van der Waals surface area contributed by atoms with Gasteiger partial charge < -0.3 is 14.6 Å². The standard InChI is InChI=1S/C10H17NO7S/c1-3-18-9(13)6-19(15,16)11-5-7(12)4-8(11)10(14)17-2/h7-8,12H,3-6H2,1-2H3. The number of aliphatic hydroxyl groups is 1. The van der Waals surface area contributed by atoms with Gasteiger partial charge in [-0.25, -0.2) is 8.42 Å². The van der Waals surface area contributed by atoms with Crippen LogP contribution in [0.5, 0.6) is 0 Å². The molecule has 1 rings (SSSR count). The van der Waals surface area contributed by atoms with Crippen molar-refractivity contribution in [3.05, 3.63) is 0 Å². The first kappa shape index (κ1) is 15.9. The number of hydrogen-bond acceptors (Lipinski definition) is 7. The number of carbonyl (C=O) groups is 2. The molecule has 1 aliphatic heterocycles. The maximum Gasteiger partial charge on any atom is 0.324 e. The number of hydrogen-bond donors (Lipinski definition) is 1. The molecule has 0 aromatic rings. The number of nitrogens with zero attached hydrogens (tertiary/aromatic N) is 1. The number of aliphatic hydroxyl groups excluding tert-OH is 1. The lowest BCUT2D eigenvalue weighted by Crippen LogP contribution is -2.43. The fourth-order valence-electron chi connectivity index (χ4n) is 1.88. The molecule has 9 heteroatoms. The summed E-state index contributed by atoms with van der Waals surface area (Å²) in [6, 6.07) is -1.10. The van der Waals surface area contributed by atoms with Gasteiger partial charge in [0.05, 0.1) is 19.8 Å². The van der Waals surface area contributed by atoms with Crippen molar-refractivity contribution in [2.45, 2.75) is 25.5 Å². The number of ether oxygens (including phenoxy) is 2.